The van der Waals surface area contributed by atoms with E-state index in [1.165, 1.54) is 11.3 Å². The Bertz CT molecular complexity index is 1090. The van der Waals surface area contributed by atoms with Crippen molar-refractivity contribution < 1.29 is 19.1 Å². The molecule has 1 aromatic heterocycles. The third kappa shape index (κ3) is 6.23. The highest BCUT2D eigenvalue weighted by molar-refractivity contribution is 7.12. The summed E-state index contributed by atoms with van der Waals surface area (Å²) in [4.78, 5) is 41.6. The zero-order valence-corrected chi connectivity index (χ0v) is 19.6. The molecule has 0 atom stereocenters. The van der Waals surface area contributed by atoms with Crippen LogP contribution in [0.1, 0.15) is 32.0 Å². The summed E-state index contributed by atoms with van der Waals surface area (Å²) in [5.74, 6) is 0.458. The molecule has 0 bridgehead atoms. The Kier molecular flexibility index (Phi) is 7.93. The quantitative estimate of drug-likeness (QED) is 0.539. The van der Waals surface area contributed by atoms with Gasteiger partial charge in [-0.15, -0.1) is 11.3 Å². The number of thiophene rings is 1. The molecule has 3 amide bonds. The number of benzene rings is 2. The molecule has 2 aromatic carbocycles. The summed E-state index contributed by atoms with van der Waals surface area (Å²) < 4.78 is 5.74. The molecule has 8 heteroatoms. The molecule has 0 spiro atoms. The highest BCUT2D eigenvalue weighted by Gasteiger charge is 2.25. The lowest BCUT2D eigenvalue weighted by Crippen LogP contribution is -2.50. The number of nitrogens with one attached hydrogen (secondary N) is 1. The Morgan fingerprint density at radius 2 is 1.56 bits per heavy atom. The van der Waals surface area contributed by atoms with Crippen LogP contribution >= 0.6 is 11.3 Å². The SMILES string of the molecule is O=C(NCCC(=O)N1CCN(C(=O)c2cccs2)CC1)c1ccc(OCc2ccccc2)cc1. The van der Waals surface area contributed by atoms with Crippen molar-refractivity contribution in [1.82, 2.24) is 15.1 Å². The fourth-order valence-electron chi connectivity index (χ4n) is 3.70. The van der Waals surface area contributed by atoms with Gasteiger partial charge in [-0.1, -0.05) is 36.4 Å². The number of carbonyl (C=O) groups excluding carboxylic acids is 3. The summed E-state index contributed by atoms with van der Waals surface area (Å²) in [6.07, 6.45) is 0.225. The van der Waals surface area contributed by atoms with Crippen LogP contribution in [-0.4, -0.2) is 60.2 Å². The van der Waals surface area contributed by atoms with Crippen molar-refractivity contribution in [3.8, 4) is 5.75 Å². The van der Waals surface area contributed by atoms with Crippen LogP contribution in [0.4, 0.5) is 0 Å². The van der Waals surface area contributed by atoms with Crippen LogP contribution < -0.4 is 10.1 Å². The average molecular weight is 478 g/mol. The Hall–Kier alpha value is -3.65. The molecule has 3 aromatic rings. The van der Waals surface area contributed by atoms with E-state index in [1.807, 2.05) is 47.8 Å². The fourth-order valence-corrected chi connectivity index (χ4v) is 4.39. The van der Waals surface area contributed by atoms with E-state index >= 15 is 0 Å². The van der Waals surface area contributed by atoms with Gasteiger partial charge < -0.3 is 19.9 Å². The molecule has 1 aliphatic rings. The van der Waals surface area contributed by atoms with Crippen molar-refractivity contribution in [2.24, 2.45) is 0 Å². The normalized spacial score (nSPS) is 13.4. The van der Waals surface area contributed by atoms with Crippen LogP contribution in [0.2, 0.25) is 0 Å². The number of amides is 3. The second-order valence-electron chi connectivity index (χ2n) is 7.95. The smallest absolute Gasteiger partial charge is 0.264 e. The van der Waals surface area contributed by atoms with Crippen molar-refractivity contribution in [1.29, 1.82) is 0 Å². The van der Waals surface area contributed by atoms with Crippen LogP contribution in [-0.2, 0) is 11.4 Å². The van der Waals surface area contributed by atoms with Crippen molar-refractivity contribution in [2.45, 2.75) is 13.0 Å². The van der Waals surface area contributed by atoms with Crippen LogP contribution in [0.3, 0.4) is 0 Å². The molecular formula is C26H27N3O4S. The van der Waals surface area contributed by atoms with Gasteiger partial charge in [-0.25, -0.2) is 0 Å². The van der Waals surface area contributed by atoms with E-state index in [9.17, 15) is 14.4 Å². The van der Waals surface area contributed by atoms with Crippen molar-refractivity contribution in [2.75, 3.05) is 32.7 Å². The van der Waals surface area contributed by atoms with Crippen molar-refractivity contribution in [3.05, 3.63) is 88.1 Å². The number of rotatable bonds is 8. The Morgan fingerprint density at radius 1 is 0.853 bits per heavy atom. The Balaban J connectivity index is 1.16. The molecule has 1 aliphatic heterocycles. The summed E-state index contributed by atoms with van der Waals surface area (Å²) in [5, 5.41) is 4.69. The number of hydrogen-bond donors (Lipinski definition) is 1. The van der Waals surface area contributed by atoms with Crippen molar-refractivity contribution in [3.63, 3.8) is 0 Å². The van der Waals surface area contributed by atoms with E-state index in [-0.39, 0.29) is 30.7 Å². The molecule has 0 radical (unpaired) electrons. The minimum Gasteiger partial charge on any atom is -0.489 e. The van der Waals surface area contributed by atoms with Crippen molar-refractivity contribution >= 4 is 29.1 Å². The predicted molar refractivity (Wildman–Crippen MR) is 131 cm³/mol. The minimum atomic E-state index is -0.228. The standard InChI is InChI=1S/C26H27N3O4S/c30-24(28-14-16-29(17-15-28)26(32)23-7-4-18-34-23)12-13-27-25(31)21-8-10-22(11-9-21)33-19-20-5-2-1-3-6-20/h1-11,18H,12-17,19H2,(H,27,31). The lowest BCUT2D eigenvalue weighted by Gasteiger charge is -2.34. The number of piperazine rings is 1. The first-order valence-electron chi connectivity index (χ1n) is 11.3. The average Bonchev–Trinajstić information content (AvgIpc) is 3.43. The first-order valence-corrected chi connectivity index (χ1v) is 12.1. The number of carbonyl (C=O) groups is 3. The summed E-state index contributed by atoms with van der Waals surface area (Å²) in [7, 11) is 0. The summed E-state index contributed by atoms with van der Waals surface area (Å²) in [5.41, 5.74) is 1.59. The molecule has 2 heterocycles. The molecule has 1 N–H and O–H groups in total. The molecule has 176 valence electrons. The van der Waals surface area contributed by atoms with Crippen LogP contribution in [0.25, 0.3) is 0 Å². The highest BCUT2D eigenvalue weighted by Crippen LogP contribution is 2.15. The number of hydrogen-bond acceptors (Lipinski definition) is 5. The first-order chi connectivity index (χ1) is 16.6. The maximum absolute atomic E-state index is 12.5. The zero-order valence-electron chi connectivity index (χ0n) is 18.8. The monoisotopic (exact) mass is 477 g/mol. The van der Waals surface area contributed by atoms with E-state index in [0.29, 0.717) is 44.1 Å². The molecule has 1 fully saturated rings. The second kappa shape index (κ2) is 11.5. The fraction of sp³-hybridized carbons (Fsp3) is 0.269. The second-order valence-corrected chi connectivity index (χ2v) is 8.90. The van der Waals surface area contributed by atoms with E-state index in [1.54, 1.807) is 34.1 Å². The third-order valence-corrected chi connectivity index (χ3v) is 6.50. The Labute approximate surface area is 202 Å². The largest absolute Gasteiger partial charge is 0.489 e. The number of ether oxygens (including phenoxy) is 1. The van der Waals surface area contributed by atoms with Crippen LogP contribution in [0.5, 0.6) is 5.75 Å². The predicted octanol–water partition coefficient (Wildman–Crippen LogP) is 3.43. The minimum absolute atomic E-state index is 0.0193. The van der Waals surface area contributed by atoms with Gasteiger partial charge in [0, 0.05) is 44.7 Å². The lowest BCUT2D eigenvalue weighted by atomic mass is 10.2. The third-order valence-electron chi connectivity index (χ3n) is 5.64. The van der Waals surface area contributed by atoms with Gasteiger partial charge in [-0.2, -0.15) is 0 Å². The van der Waals surface area contributed by atoms with E-state index in [4.69, 9.17) is 4.74 Å². The van der Waals surface area contributed by atoms with E-state index in [0.717, 1.165) is 10.4 Å². The van der Waals surface area contributed by atoms with Crippen LogP contribution in [0, 0.1) is 0 Å². The van der Waals surface area contributed by atoms with Crippen LogP contribution in [0.15, 0.2) is 72.1 Å². The molecule has 34 heavy (non-hydrogen) atoms. The number of nitrogens with zero attached hydrogens (tertiary/aromatic N) is 2. The summed E-state index contributed by atoms with van der Waals surface area (Å²) >= 11 is 1.43. The van der Waals surface area contributed by atoms with Gasteiger partial charge in [0.25, 0.3) is 11.8 Å². The molecule has 7 nitrogen and oxygen atoms in total. The first kappa shape index (κ1) is 23.5. The molecule has 1 saturated heterocycles. The molecule has 0 saturated carbocycles. The molecule has 0 unspecified atom stereocenters. The van der Waals surface area contributed by atoms with E-state index in [2.05, 4.69) is 5.32 Å². The highest BCUT2D eigenvalue weighted by atomic mass is 32.1. The lowest BCUT2D eigenvalue weighted by molar-refractivity contribution is -0.132. The zero-order chi connectivity index (χ0) is 23.8. The van der Waals surface area contributed by atoms with Gasteiger partial charge >= 0.3 is 0 Å². The summed E-state index contributed by atoms with van der Waals surface area (Å²) in [6, 6.07) is 20.5. The maximum Gasteiger partial charge on any atom is 0.264 e. The van der Waals surface area contributed by atoms with E-state index < -0.39 is 0 Å². The molecule has 0 aliphatic carbocycles. The van der Waals surface area contributed by atoms with Gasteiger partial charge in [0.15, 0.2) is 0 Å². The van der Waals surface area contributed by atoms with Gasteiger partial charge in [0.2, 0.25) is 5.91 Å². The Morgan fingerprint density at radius 3 is 2.24 bits per heavy atom. The molecular weight excluding hydrogens is 450 g/mol. The summed E-state index contributed by atoms with van der Waals surface area (Å²) in [6.45, 7) is 2.78. The topological polar surface area (TPSA) is 79.0 Å². The molecule has 4 rings (SSSR count). The van der Waals surface area contributed by atoms with Gasteiger partial charge in [0.1, 0.15) is 12.4 Å². The maximum atomic E-state index is 12.5. The van der Waals surface area contributed by atoms with Gasteiger partial charge in [-0.05, 0) is 41.3 Å². The van der Waals surface area contributed by atoms with Gasteiger partial charge in [-0.3, -0.25) is 14.4 Å². The van der Waals surface area contributed by atoms with Gasteiger partial charge in [0.05, 0.1) is 4.88 Å².